The van der Waals surface area contributed by atoms with E-state index in [2.05, 4.69) is 21.2 Å². The maximum absolute atomic E-state index is 12.0. The lowest BCUT2D eigenvalue weighted by Crippen LogP contribution is -2.25. The molecule has 4 heteroatoms. The number of hydrogen-bond donors (Lipinski definition) is 1. The van der Waals surface area contributed by atoms with Gasteiger partial charge in [-0.25, -0.2) is 0 Å². The van der Waals surface area contributed by atoms with Crippen molar-refractivity contribution in [3.63, 3.8) is 0 Å². The zero-order valence-corrected chi connectivity index (χ0v) is 12.8. The maximum Gasteiger partial charge on any atom is 0.251 e. The number of para-hydroxylation sites is 1. The zero-order chi connectivity index (χ0) is 14.4. The summed E-state index contributed by atoms with van der Waals surface area (Å²) < 4.78 is 6.18. The van der Waals surface area contributed by atoms with Gasteiger partial charge in [0.1, 0.15) is 5.75 Å². The van der Waals surface area contributed by atoms with Crippen LogP contribution in [0, 0.1) is 0 Å². The number of carbonyl (C=O) groups excluding carboxylic acids is 1. The number of hydrogen-bond acceptors (Lipinski definition) is 2. The molecule has 0 aliphatic heterocycles. The van der Waals surface area contributed by atoms with E-state index >= 15 is 0 Å². The number of halogens is 1. The Balaban J connectivity index is 1.91. The van der Waals surface area contributed by atoms with Crippen LogP contribution in [0.3, 0.4) is 0 Å². The number of amides is 1. The van der Waals surface area contributed by atoms with E-state index in [1.54, 1.807) is 19.2 Å². The van der Waals surface area contributed by atoms with Crippen LogP contribution in [-0.4, -0.2) is 19.6 Å². The first-order chi connectivity index (χ1) is 9.70. The van der Waals surface area contributed by atoms with Gasteiger partial charge in [0.15, 0.2) is 0 Å². The summed E-state index contributed by atoms with van der Waals surface area (Å²) in [5.41, 5.74) is 1.74. The minimum Gasteiger partial charge on any atom is -0.496 e. The van der Waals surface area contributed by atoms with Crippen LogP contribution in [0.25, 0.3) is 0 Å². The van der Waals surface area contributed by atoms with Crippen LogP contribution in [0.4, 0.5) is 0 Å². The molecule has 0 radical (unpaired) electrons. The van der Waals surface area contributed by atoms with Gasteiger partial charge in [0.25, 0.3) is 5.91 Å². The molecule has 0 bridgehead atoms. The standard InChI is InChI=1S/C16H16BrNO2/c1-20-15-8-3-2-5-12(15)9-10-18-16(19)13-6-4-7-14(17)11-13/h2-8,11H,9-10H2,1H3,(H,18,19). The summed E-state index contributed by atoms with van der Waals surface area (Å²) in [4.78, 5) is 12.0. The summed E-state index contributed by atoms with van der Waals surface area (Å²) in [5, 5.41) is 2.91. The van der Waals surface area contributed by atoms with E-state index in [4.69, 9.17) is 4.74 Å². The molecule has 0 unspecified atom stereocenters. The number of nitrogens with one attached hydrogen (secondary N) is 1. The third-order valence-corrected chi connectivity index (χ3v) is 3.45. The van der Waals surface area contributed by atoms with Gasteiger partial charge < -0.3 is 10.1 Å². The highest BCUT2D eigenvalue weighted by Gasteiger charge is 2.06. The molecule has 0 heterocycles. The molecule has 0 atom stereocenters. The molecule has 0 saturated carbocycles. The van der Waals surface area contributed by atoms with E-state index < -0.39 is 0 Å². The van der Waals surface area contributed by atoms with Crippen molar-refractivity contribution in [1.29, 1.82) is 0 Å². The van der Waals surface area contributed by atoms with E-state index in [0.29, 0.717) is 12.1 Å². The average molecular weight is 334 g/mol. The Morgan fingerprint density at radius 2 is 2.00 bits per heavy atom. The second kappa shape index (κ2) is 7.10. The molecule has 3 nitrogen and oxygen atoms in total. The first kappa shape index (κ1) is 14.6. The molecular formula is C16H16BrNO2. The predicted molar refractivity (Wildman–Crippen MR) is 83.2 cm³/mol. The fourth-order valence-electron chi connectivity index (χ4n) is 1.95. The highest BCUT2D eigenvalue weighted by atomic mass is 79.9. The largest absolute Gasteiger partial charge is 0.496 e. The number of methoxy groups -OCH3 is 1. The Bertz CT molecular complexity index is 599. The monoisotopic (exact) mass is 333 g/mol. The highest BCUT2D eigenvalue weighted by Crippen LogP contribution is 2.17. The summed E-state index contributed by atoms with van der Waals surface area (Å²) in [6.45, 7) is 0.575. The van der Waals surface area contributed by atoms with E-state index in [-0.39, 0.29) is 5.91 Å². The summed E-state index contributed by atoms with van der Waals surface area (Å²) in [6, 6.07) is 15.2. The van der Waals surface area contributed by atoms with Crippen molar-refractivity contribution in [1.82, 2.24) is 5.32 Å². The SMILES string of the molecule is COc1ccccc1CCNC(=O)c1cccc(Br)c1. The fraction of sp³-hybridized carbons (Fsp3) is 0.188. The van der Waals surface area contributed by atoms with Gasteiger partial charge in [0.05, 0.1) is 7.11 Å². The van der Waals surface area contributed by atoms with Crippen LogP contribution in [-0.2, 0) is 6.42 Å². The number of benzene rings is 2. The molecule has 1 amide bonds. The molecule has 2 rings (SSSR count). The minimum absolute atomic E-state index is 0.0683. The maximum atomic E-state index is 12.0. The Labute approximate surface area is 127 Å². The average Bonchev–Trinajstić information content (AvgIpc) is 2.47. The van der Waals surface area contributed by atoms with Gasteiger partial charge in [-0.2, -0.15) is 0 Å². The first-order valence-corrected chi connectivity index (χ1v) is 7.15. The van der Waals surface area contributed by atoms with Crippen LogP contribution in [0.1, 0.15) is 15.9 Å². The normalized spacial score (nSPS) is 10.1. The Kier molecular flexibility index (Phi) is 5.18. The van der Waals surface area contributed by atoms with Gasteiger partial charge in [0, 0.05) is 16.6 Å². The quantitative estimate of drug-likeness (QED) is 0.910. The Hall–Kier alpha value is -1.81. The number of ether oxygens (including phenoxy) is 1. The molecule has 20 heavy (non-hydrogen) atoms. The van der Waals surface area contributed by atoms with E-state index in [9.17, 15) is 4.79 Å². The van der Waals surface area contributed by atoms with E-state index in [0.717, 1.165) is 22.2 Å². The zero-order valence-electron chi connectivity index (χ0n) is 11.2. The molecule has 0 aliphatic carbocycles. The van der Waals surface area contributed by atoms with Gasteiger partial charge >= 0.3 is 0 Å². The minimum atomic E-state index is -0.0683. The highest BCUT2D eigenvalue weighted by molar-refractivity contribution is 9.10. The Morgan fingerprint density at radius 1 is 1.20 bits per heavy atom. The Morgan fingerprint density at radius 3 is 2.75 bits per heavy atom. The van der Waals surface area contributed by atoms with E-state index in [1.165, 1.54) is 0 Å². The van der Waals surface area contributed by atoms with Crippen molar-refractivity contribution in [2.45, 2.75) is 6.42 Å². The van der Waals surface area contributed by atoms with Gasteiger partial charge in [-0.3, -0.25) is 4.79 Å². The van der Waals surface area contributed by atoms with Gasteiger partial charge in [-0.1, -0.05) is 40.2 Å². The molecule has 0 fully saturated rings. The van der Waals surface area contributed by atoms with Gasteiger partial charge in [0.2, 0.25) is 0 Å². The van der Waals surface area contributed by atoms with Crippen molar-refractivity contribution in [2.24, 2.45) is 0 Å². The van der Waals surface area contributed by atoms with Gasteiger partial charge in [-0.05, 0) is 36.2 Å². The molecule has 0 saturated heterocycles. The lowest BCUT2D eigenvalue weighted by atomic mass is 10.1. The molecule has 0 spiro atoms. The topological polar surface area (TPSA) is 38.3 Å². The molecular weight excluding hydrogens is 318 g/mol. The van der Waals surface area contributed by atoms with Crippen LogP contribution >= 0.6 is 15.9 Å². The fourth-order valence-corrected chi connectivity index (χ4v) is 2.35. The molecule has 104 valence electrons. The van der Waals surface area contributed by atoms with Crippen molar-refractivity contribution in [3.8, 4) is 5.75 Å². The lowest BCUT2D eigenvalue weighted by molar-refractivity contribution is 0.0954. The first-order valence-electron chi connectivity index (χ1n) is 6.36. The molecule has 2 aromatic rings. The lowest BCUT2D eigenvalue weighted by Gasteiger charge is -2.09. The molecule has 2 aromatic carbocycles. The van der Waals surface area contributed by atoms with Crippen molar-refractivity contribution in [3.05, 3.63) is 64.1 Å². The summed E-state index contributed by atoms with van der Waals surface area (Å²) in [7, 11) is 1.65. The van der Waals surface area contributed by atoms with Crippen molar-refractivity contribution < 1.29 is 9.53 Å². The number of rotatable bonds is 5. The smallest absolute Gasteiger partial charge is 0.251 e. The second-order valence-corrected chi connectivity index (χ2v) is 5.24. The van der Waals surface area contributed by atoms with Crippen molar-refractivity contribution >= 4 is 21.8 Å². The summed E-state index contributed by atoms with van der Waals surface area (Å²) >= 11 is 3.36. The van der Waals surface area contributed by atoms with Crippen LogP contribution < -0.4 is 10.1 Å². The molecule has 0 aliphatic rings. The molecule has 1 N–H and O–H groups in total. The van der Waals surface area contributed by atoms with Gasteiger partial charge in [-0.15, -0.1) is 0 Å². The number of carbonyl (C=O) groups is 1. The molecule has 0 aromatic heterocycles. The van der Waals surface area contributed by atoms with Crippen LogP contribution in [0.5, 0.6) is 5.75 Å². The summed E-state index contributed by atoms with van der Waals surface area (Å²) in [5.74, 6) is 0.783. The third-order valence-electron chi connectivity index (χ3n) is 2.96. The van der Waals surface area contributed by atoms with Crippen LogP contribution in [0.15, 0.2) is 53.0 Å². The predicted octanol–water partition coefficient (Wildman–Crippen LogP) is 3.43. The van der Waals surface area contributed by atoms with Crippen molar-refractivity contribution in [2.75, 3.05) is 13.7 Å². The van der Waals surface area contributed by atoms with E-state index in [1.807, 2.05) is 36.4 Å². The second-order valence-electron chi connectivity index (χ2n) is 4.33. The van der Waals surface area contributed by atoms with Crippen LogP contribution in [0.2, 0.25) is 0 Å². The third kappa shape index (κ3) is 3.84. The summed E-state index contributed by atoms with van der Waals surface area (Å²) in [6.07, 6.45) is 0.740.